The molecule has 3 N–H and O–H groups in total. The van der Waals surface area contributed by atoms with Gasteiger partial charge >= 0.3 is 0 Å². The first-order valence-electron chi connectivity index (χ1n) is 8.03. The van der Waals surface area contributed by atoms with Crippen LogP contribution >= 0.6 is 11.6 Å². The van der Waals surface area contributed by atoms with Crippen LogP contribution in [-0.4, -0.2) is 16.8 Å². The third kappa shape index (κ3) is 3.68. The standard InChI is InChI=1S/C20H17ClN3O2/c1-12(18(22)25)20(26)24-19-16(11-13-7-3-2-4-8-13)14-9-5-6-10-15(14)17(21)23-19/h2-10H,11H2,1H3,(H2,22,25)(H,23,24,26). The van der Waals surface area contributed by atoms with Gasteiger partial charge in [0.15, 0.2) is 0 Å². The molecule has 1 aromatic heterocycles. The second kappa shape index (κ2) is 7.54. The predicted octanol–water partition coefficient (Wildman–Crippen LogP) is 3.50. The Labute approximate surface area is 156 Å². The zero-order valence-electron chi connectivity index (χ0n) is 14.1. The maximum Gasteiger partial charge on any atom is 0.242 e. The first-order valence-corrected chi connectivity index (χ1v) is 8.41. The summed E-state index contributed by atoms with van der Waals surface area (Å²) >= 11 is 6.30. The van der Waals surface area contributed by atoms with Gasteiger partial charge < -0.3 is 11.1 Å². The van der Waals surface area contributed by atoms with Gasteiger partial charge in [0.2, 0.25) is 11.8 Å². The van der Waals surface area contributed by atoms with Crippen molar-refractivity contribution in [2.24, 2.45) is 5.73 Å². The molecule has 0 spiro atoms. The summed E-state index contributed by atoms with van der Waals surface area (Å²) in [5.74, 6) is -1.14. The fourth-order valence-electron chi connectivity index (χ4n) is 2.68. The van der Waals surface area contributed by atoms with Crippen LogP contribution in [0.4, 0.5) is 5.82 Å². The number of fused-ring (bicyclic) bond motifs is 1. The summed E-state index contributed by atoms with van der Waals surface area (Å²) in [4.78, 5) is 27.9. The monoisotopic (exact) mass is 366 g/mol. The third-order valence-electron chi connectivity index (χ3n) is 4.14. The number of pyridine rings is 1. The van der Waals surface area contributed by atoms with E-state index in [1.807, 2.05) is 54.6 Å². The molecule has 2 amide bonds. The van der Waals surface area contributed by atoms with Gasteiger partial charge in [-0.1, -0.05) is 66.2 Å². The van der Waals surface area contributed by atoms with Crippen molar-refractivity contribution in [2.75, 3.05) is 5.32 Å². The number of rotatable bonds is 5. The topological polar surface area (TPSA) is 85.1 Å². The van der Waals surface area contributed by atoms with Crippen molar-refractivity contribution in [3.05, 3.63) is 76.8 Å². The van der Waals surface area contributed by atoms with Gasteiger partial charge in [-0.25, -0.2) is 4.98 Å². The van der Waals surface area contributed by atoms with Crippen LogP contribution in [0, 0.1) is 5.92 Å². The number of hydrogen-bond acceptors (Lipinski definition) is 3. The van der Waals surface area contributed by atoms with E-state index in [-0.39, 0.29) is 11.1 Å². The molecule has 0 aliphatic rings. The maximum atomic E-state index is 12.3. The van der Waals surface area contributed by atoms with Gasteiger partial charge in [0, 0.05) is 17.4 Å². The molecule has 2 aromatic carbocycles. The second-order valence-electron chi connectivity index (χ2n) is 5.88. The van der Waals surface area contributed by atoms with E-state index in [2.05, 4.69) is 10.3 Å². The average Bonchev–Trinajstić information content (AvgIpc) is 2.65. The Kier molecular flexibility index (Phi) is 5.19. The van der Waals surface area contributed by atoms with Crippen LogP contribution < -0.4 is 11.1 Å². The Bertz CT molecular complexity index is 973. The highest BCUT2D eigenvalue weighted by molar-refractivity contribution is 6.34. The van der Waals surface area contributed by atoms with Crippen molar-refractivity contribution in [1.29, 1.82) is 0 Å². The first kappa shape index (κ1) is 17.9. The number of amides is 2. The molecule has 1 radical (unpaired) electrons. The van der Waals surface area contributed by atoms with Crippen LogP contribution in [-0.2, 0) is 16.0 Å². The summed E-state index contributed by atoms with van der Waals surface area (Å²) in [7, 11) is 0. The molecule has 3 rings (SSSR count). The van der Waals surface area contributed by atoms with E-state index in [0.29, 0.717) is 12.2 Å². The molecular formula is C20H17ClN3O2. The lowest BCUT2D eigenvalue weighted by Gasteiger charge is -2.15. The minimum atomic E-state index is -0.779. The lowest BCUT2D eigenvalue weighted by Crippen LogP contribution is -2.31. The van der Waals surface area contributed by atoms with Crippen molar-refractivity contribution in [3.63, 3.8) is 0 Å². The fourth-order valence-corrected chi connectivity index (χ4v) is 2.92. The van der Waals surface area contributed by atoms with Crippen LogP contribution in [0.1, 0.15) is 18.1 Å². The summed E-state index contributed by atoms with van der Waals surface area (Å²) in [6.45, 7) is 1.37. The van der Waals surface area contributed by atoms with E-state index in [1.54, 1.807) is 0 Å². The maximum absolute atomic E-state index is 12.3. The average molecular weight is 367 g/mol. The van der Waals surface area contributed by atoms with Crippen molar-refractivity contribution in [1.82, 2.24) is 4.98 Å². The van der Waals surface area contributed by atoms with Crippen LogP contribution in [0.5, 0.6) is 0 Å². The molecule has 0 fully saturated rings. The largest absolute Gasteiger partial charge is 0.369 e. The fraction of sp³-hybridized carbons (Fsp3) is 0.100. The number of anilines is 1. The zero-order valence-corrected chi connectivity index (χ0v) is 14.9. The highest BCUT2D eigenvalue weighted by atomic mass is 35.5. The van der Waals surface area contributed by atoms with E-state index < -0.39 is 11.8 Å². The number of aromatic nitrogens is 1. The molecule has 3 aromatic rings. The van der Waals surface area contributed by atoms with Crippen molar-refractivity contribution in [2.45, 2.75) is 13.3 Å². The van der Waals surface area contributed by atoms with Gasteiger partial charge in [0.25, 0.3) is 0 Å². The number of carbonyl (C=O) groups is 2. The Morgan fingerprint density at radius 1 is 1.04 bits per heavy atom. The molecule has 0 unspecified atom stereocenters. The van der Waals surface area contributed by atoms with E-state index in [4.69, 9.17) is 17.3 Å². The number of carbonyl (C=O) groups excluding carboxylic acids is 2. The SMILES string of the molecule is C[C](C(N)=O)C(=O)Nc1nc(Cl)c2ccccc2c1Cc1ccccc1. The van der Waals surface area contributed by atoms with E-state index in [0.717, 1.165) is 21.9 Å². The van der Waals surface area contributed by atoms with Crippen molar-refractivity contribution in [3.8, 4) is 0 Å². The second-order valence-corrected chi connectivity index (χ2v) is 6.24. The number of nitrogens with two attached hydrogens (primary N) is 1. The molecule has 0 saturated heterocycles. The van der Waals surface area contributed by atoms with Crippen molar-refractivity contribution < 1.29 is 9.59 Å². The third-order valence-corrected chi connectivity index (χ3v) is 4.42. The molecule has 0 atom stereocenters. The van der Waals surface area contributed by atoms with Gasteiger partial charge in [-0.05, 0) is 17.9 Å². The lowest BCUT2D eigenvalue weighted by molar-refractivity contribution is -0.122. The Morgan fingerprint density at radius 2 is 1.65 bits per heavy atom. The minimum absolute atomic E-state index is 0.0956. The van der Waals surface area contributed by atoms with Gasteiger partial charge in [-0.3, -0.25) is 9.59 Å². The smallest absolute Gasteiger partial charge is 0.242 e. The molecular weight excluding hydrogens is 350 g/mol. The number of nitrogens with zero attached hydrogens (tertiary/aromatic N) is 1. The lowest BCUT2D eigenvalue weighted by atomic mass is 9.99. The number of halogens is 1. The molecule has 0 saturated carbocycles. The molecule has 1 heterocycles. The molecule has 26 heavy (non-hydrogen) atoms. The summed E-state index contributed by atoms with van der Waals surface area (Å²) in [5, 5.41) is 4.65. The van der Waals surface area contributed by atoms with Gasteiger partial charge in [-0.15, -0.1) is 0 Å². The van der Waals surface area contributed by atoms with Crippen LogP contribution in [0.25, 0.3) is 10.8 Å². The molecule has 5 nitrogen and oxygen atoms in total. The summed E-state index contributed by atoms with van der Waals surface area (Å²) in [6.07, 6.45) is 0.552. The normalized spacial score (nSPS) is 10.9. The quantitative estimate of drug-likeness (QED) is 0.535. The van der Waals surface area contributed by atoms with Crippen LogP contribution in [0.2, 0.25) is 5.15 Å². The summed E-state index contributed by atoms with van der Waals surface area (Å²) in [5.41, 5.74) is 7.07. The van der Waals surface area contributed by atoms with Crippen molar-refractivity contribution >= 4 is 40.0 Å². The predicted molar refractivity (Wildman–Crippen MR) is 103 cm³/mol. The van der Waals surface area contributed by atoms with Gasteiger partial charge in [-0.2, -0.15) is 0 Å². The summed E-state index contributed by atoms with van der Waals surface area (Å²) in [6, 6.07) is 17.4. The number of nitrogens with one attached hydrogen (secondary N) is 1. The Hall–Kier alpha value is -2.92. The van der Waals surface area contributed by atoms with Crippen LogP contribution in [0.3, 0.4) is 0 Å². The minimum Gasteiger partial charge on any atom is -0.369 e. The van der Waals surface area contributed by atoms with Gasteiger partial charge in [0.05, 0.1) is 0 Å². The molecule has 0 bridgehead atoms. The van der Waals surface area contributed by atoms with Crippen LogP contribution in [0.15, 0.2) is 54.6 Å². The highest BCUT2D eigenvalue weighted by Gasteiger charge is 2.22. The van der Waals surface area contributed by atoms with E-state index in [9.17, 15) is 9.59 Å². The van der Waals surface area contributed by atoms with E-state index >= 15 is 0 Å². The van der Waals surface area contributed by atoms with E-state index in [1.165, 1.54) is 6.92 Å². The zero-order chi connectivity index (χ0) is 18.7. The first-order chi connectivity index (χ1) is 12.5. The highest BCUT2D eigenvalue weighted by Crippen LogP contribution is 2.31. The molecule has 6 heteroatoms. The number of primary amides is 1. The molecule has 0 aliphatic heterocycles. The molecule has 131 valence electrons. The molecule has 0 aliphatic carbocycles. The number of benzene rings is 2. The Morgan fingerprint density at radius 3 is 2.31 bits per heavy atom. The number of hydrogen-bond donors (Lipinski definition) is 2. The summed E-state index contributed by atoms with van der Waals surface area (Å²) < 4.78 is 0. The van der Waals surface area contributed by atoms with Gasteiger partial charge in [0.1, 0.15) is 16.9 Å². The Balaban J connectivity index is 2.10.